The standard InChI is InChI=1S/C9H15N3O2S2/c1-7-6-14-9(11-7)15-4-3-5-16-12-8(13)10-2/h6H,3-5H2,1-2H3,(H2,10,12,13). The summed E-state index contributed by atoms with van der Waals surface area (Å²) in [4.78, 5) is 15.0. The molecular weight excluding hydrogens is 246 g/mol. The number of carbonyl (C=O) groups is 1. The van der Waals surface area contributed by atoms with Crippen LogP contribution in [0.2, 0.25) is 0 Å². The third-order valence-electron chi connectivity index (χ3n) is 1.61. The molecule has 2 N–H and O–H groups in total. The van der Waals surface area contributed by atoms with E-state index in [2.05, 4.69) is 15.0 Å². The molecule has 1 rings (SSSR count). The first-order valence-electron chi connectivity index (χ1n) is 4.87. The number of amides is 2. The Labute approximate surface area is 103 Å². The van der Waals surface area contributed by atoms with E-state index < -0.39 is 0 Å². The van der Waals surface area contributed by atoms with Crippen molar-refractivity contribution in [2.45, 2.75) is 18.6 Å². The maximum atomic E-state index is 10.8. The van der Waals surface area contributed by atoms with Crippen LogP contribution in [0.1, 0.15) is 12.1 Å². The van der Waals surface area contributed by atoms with Crippen molar-refractivity contribution in [3.8, 4) is 0 Å². The van der Waals surface area contributed by atoms with Crippen LogP contribution in [0.3, 0.4) is 0 Å². The number of oxazole rings is 1. The molecule has 1 aromatic rings. The van der Waals surface area contributed by atoms with Gasteiger partial charge in [-0.15, -0.1) is 0 Å². The van der Waals surface area contributed by atoms with E-state index in [0.717, 1.165) is 23.6 Å². The van der Waals surface area contributed by atoms with Crippen molar-refractivity contribution in [3.05, 3.63) is 12.0 Å². The highest BCUT2D eigenvalue weighted by atomic mass is 32.2. The fraction of sp³-hybridized carbons (Fsp3) is 0.556. The number of aryl methyl sites for hydroxylation is 1. The predicted octanol–water partition coefficient (Wildman–Crippen LogP) is 2.04. The van der Waals surface area contributed by atoms with Crippen molar-refractivity contribution < 1.29 is 9.21 Å². The smallest absolute Gasteiger partial charge is 0.324 e. The molecule has 2 amide bonds. The van der Waals surface area contributed by atoms with Crippen molar-refractivity contribution in [3.63, 3.8) is 0 Å². The number of hydrogen-bond donors (Lipinski definition) is 2. The molecule has 16 heavy (non-hydrogen) atoms. The quantitative estimate of drug-likeness (QED) is 0.466. The van der Waals surface area contributed by atoms with Gasteiger partial charge in [0.15, 0.2) is 0 Å². The Morgan fingerprint density at radius 2 is 2.38 bits per heavy atom. The van der Waals surface area contributed by atoms with Gasteiger partial charge in [-0.25, -0.2) is 9.78 Å². The van der Waals surface area contributed by atoms with Crippen LogP contribution >= 0.6 is 23.7 Å². The summed E-state index contributed by atoms with van der Waals surface area (Å²) >= 11 is 2.99. The average Bonchev–Trinajstić information content (AvgIpc) is 2.69. The van der Waals surface area contributed by atoms with Crippen molar-refractivity contribution >= 4 is 29.7 Å². The molecule has 0 saturated carbocycles. The summed E-state index contributed by atoms with van der Waals surface area (Å²) in [5.74, 6) is 1.81. The van der Waals surface area contributed by atoms with Gasteiger partial charge in [0.1, 0.15) is 6.26 Å². The number of aromatic nitrogens is 1. The van der Waals surface area contributed by atoms with Gasteiger partial charge in [0.2, 0.25) is 0 Å². The Morgan fingerprint density at radius 3 is 3.00 bits per heavy atom. The molecule has 0 spiro atoms. The van der Waals surface area contributed by atoms with Gasteiger partial charge >= 0.3 is 6.03 Å². The maximum Gasteiger partial charge on any atom is 0.324 e. The lowest BCUT2D eigenvalue weighted by Gasteiger charge is -2.02. The Hall–Kier alpha value is -0.820. The molecule has 0 atom stereocenters. The second-order valence-electron chi connectivity index (χ2n) is 2.99. The normalized spacial score (nSPS) is 10.1. The number of carbonyl (C=O) groups excluding carboxylic acids is 1. The van der Waals surface area contributed by atoms with E-state index in [1.54, 1.807) is 25.1 Å². The summed E-state index contributed by atoms with van der Waals surface area (Å²) in [6.07, 6.45) is 2.63. The molecule has 0 aliphatic rings. The molecule has 0 aliphatic heterocycles. The highest BCUT2D eigenvalue weighted by Crippen LogP contribution is 2.17. The lowest BCUT2D eigenvalue weighted by molar-refractivity contribution is 0.248. The van der Waals surface area contributed by atoms with Crippen LogP contribution in [0.25, 0.3) is 0 Å². The number of thioether (sulfide) groups is 1. The zero-order valence-corrected chi connectivity index (χ0v) is 10.9. The van der Waals surface area contributed by atoms with Crippen molar-refractivity contribution in [2.24, 2.45) is 0 Å². The van der Waals surface area contributed by atoms with Crippen molar-refractivity contribution in [1.82, 2.24) is 15.0 Å². The number of nitrogens with zero attached hydrogens (tertiary/aromatic N) is 1. The van der Waals surface area contributed by atoms with Crippen LogP contribution in [0.4, 0.5) is 4.79 Å². The molecule has 5 nitrogen and oxygen atoms in total. The highest BCUT2D eigenvalue weighted by Gasteiger charge is 2.01. The first-order valence-corrected chi connectivity index (χ1v) is 6.84. The zero-order chi connectivity index (χ0) is 11.8. The van der Waals surface area contributed by atoms with E-state index in [1.165, 1.54) is 11.9 Å². The molecular formula is C9H15N3O2S2. The Balaban J connectivity index is 1.98. The molecule has 90 valence electrons. The van der Waals surface area contributed by atoms with E-state index in [4.69, 9.17) is 4.42 Å². The van der Waals surface area contributed by atoms with E-state index in [-0.39, 0.29) is 6.03 Å². The number of rotatable bonds is 6. The second kappa shape index (κ2) is 7.45. The summed E-state index contributed by atoms with van der Waals surface area (Å²) < 4.78 is 7.85. The molecule has 0 aromatic carbocycles. The molecule has 0 saturated heterocycles. The van der Waals surface area contributed by atoms with E-state index in [0.29, 0.717) is 5.22 Å². The average molecular weight is 261 g/mol. The zero-order valence-electron chi connectivity index (χ0n) is 9.28. The van der Waals surface area contributed by atoms with Gasteiger partial charge in [0.05, 0.1) is 5.69 Å². The van der Waals surface area contributed by atoms with Crippen LogP contribution < -0.4 is 10.0 Å². The van der Waals surface area contributed by atoms with Gasteiger partial charge in [-0.05, 0) is 25.3 Å². The number of nitrogens with one attached hydrogen (secondary N) is 2. The first-order chi connectivity index (χ1) is 7.72. The lowest BCUT2D eigenvalue weighted by atomic mass is 10.6. The molecule has 0 aliphatic carbocycles. The lowest BCUT2D eigenvalue weighted by Crippen LogP contribution is -2.27. The topological polar surface area (TPSA) is 67.2 Å². The van der Waals surface area contributed by atoms with Crippen LogP contribution in [0.5, 0.6) is 0 Å². The minimum Gasteiger partial charge on any atom is -0.440 e. The molecule has 0 unspecified atom stereocenters. The minimum absolute atomic E-state index is 0.166. The van der Waals surface area contributed by atoms with Crippen molar-refractivity contribution in [1.29, 1.82) is 0 Å². The third kappa shape index (κ3) is 5.32. The molecule has 7 heteroatoms. The Morgan fingerprint density at radius 1 is 1.56 bits per heavy atom. The van der Waals surface area contributed by atoms with Gasteiger partial charge in [0.25, 0.3) is 5.22 Å². The van der Waals surface area contributed by atoms with Gasteiger partial charge in [0, 0.05) is 18.6 Å². The summed E-state index contributed by atoms with van der Waals surface area (Å²) in [6, 6.07) is -0.166. The van der Waals surface area contributed by atoms with E-state index in [9.17, 15) is 4.79 Å². The fourth-order valence-corrected chi connectivity index (χ4v) is 2.45. The summed E-state index contributed by atoms with van der Waals surface area (Å²) in [5, 5.41) is 3.19. The molecule has 1 heterocycles. The van der Waals surface area contributed by atoms with Gasteiger partial charge < -0.3 is 9.73 Å². The molecule has 1 aromatic heterocycles. The number of urea groups is 1. The molecule has 0 radical (unpaired) electrons. The fourth-order valence-electron chi connectivity index (χ4n) is 0.857. The largest absolute Gasteiger partial charge is 0.440 e. The number of hydrogen-bond acceptors (Lipinski definition) is 5. The van der Waals surface area contributed by atoms with Crippen LogP contribution in [0.15, 0.2) is 15.9 Å². The Kier molecular flexibility index (Phi) is 6.17. The van der Waals surface area contributed by atoms with Crippen LogP contribution in [0, 0.1) is 6.92 Å². The summed E-state index contributed by atoms with van der Waals surface area (Å²) in [6.45, 7) is 1.90. The van der Waals surface area contributed by atoms with Gasteiger partial charge in [-0.1, -0.05) is 11.8 Å². The van der Waals surface area contributed by atoms with Crippen LogP contribution in [-0.4, -0.2) is 29.6 Å². The highest BCUT2D eigenvalue weighted by molar-refractivity contribution is 7.99. The monoisotopic (exact) mass is 261 g/mol. The van der Waals surface area contributed by atoms with E-state index >= 15 is 0 Å². The van der Waals surface area contributed by atoms with Crippen molar-refractivity contribution in [2.75, 3.05) is 18.6 Å². The maximum absolute atomic E-state index is 10.8. The molecule has 0 bridgehead atoms. The van der Waals surface area contributed by atoms with E-state index in [1.807, 2.05) is 6.92 Å². The van der Waals surface area contributed by atoms with Crippen LogP contribution in [-0.2, 0) is 0 Å². The SMILES string of the molecule is CNC(=O)NSCCCSc1nc(C)co1. The second-order valence-corrected chi connectivity index (χ2v) is 4.93. The third-order valence-corrected chi connectivity index (χ3v) is 3.36. The van der Waals surface area contributed by atoms with Gasteiger partial charge in [-0.2, -0.15) is 0 Å². The van der Waals surface area contributed by atoms with Gasteiger partial charge in [-0.3, -0.25) is 4.72 Å². The predicted molar refractivity (Wildman–Crippen MR) is 66.6 cm³/mol. The first kappa shape index (κ1) is 13.2. The summed E-state index contributed by atoms with van der Waals surface area (Å²) in [5.41, 5.74) is 0.901. The minimum atomic E-state index is -0.166. The molecule has 0 fully saturated rings. The summed E-state index contributed by atoms with van der Waals surface area (Å²) in [7, 11) is 1.59. The Bertz CT molecular complexity index is 330.